The lowest BCUT2D eigenvalue weighted by atomic mass is 9.65. The van der Waals surface area contributed by atoms with Crippen molar-refractivity contribution in [2.45, 2.75) is 57.4 Å². The molecule has 2 atom stereocenters. The quantitative estimate of drug-likeness (QED) is 0.835. The average Bonchev–Trinajstić information content (AvgIpc) is 2.63. The molecule has 1 heterocycles. The maximum atomic E-state index is 13.0. The van der Waals surface area contributed by atoms with E-state index in [4.69, 9.17) is 5.73 Å². The second-order valence-electron chi connectivity index (χ2n) is 8.80. The number of piperidine rings is 1. The summed E-state index contributed by atoms with van der Waals surface area (Å²) in [5.41, 5.74) is 7.58. The number of nitrogens with zero attached hydrogens (tertiary/aromatic N) is 1. The van der Waals surface area contributed by atoms with Crippen LogP contribution in [0.2, 0.25) is 0 Å². The first-order valence-corrected chi connectivity index (χ1v) is 10.4. The van der Waals surface area contributed by atoms with Crippen LogP contribution in [0, 0.1) is 29.5 Å². The van der Waals surface area contributed by atoms with E-state index in [1.165, 1.54) is 24.8 Å². The largest absolute Gasteiger partial charge is 0.342 e. The summed E-state index contributed by atoms with van der Waals surface area (Å²) in [5, 5.41) is 0. The normalized spacial score (nSPS) is 31.3. The lowest BCUT2D eigenvalue weighted by molar-refractivity contribution is -0.140. The number of benzene rings is 1. The van der Waals surface area contributed by atoms with Crippen molar-refractivity contribution >= 4 is 18.3 Å². The van der Waals surface area contributed by atoms with Crippen molar-refractivity contribution in [3.8, 4) is 0 Å². The second kappa shape index (κ2) is 8.91. The predicted octanol–water partition coefficient (Wildman–Crippen LogP) is 4.18. The van der Waals surface area contributed by atoms with Gasteiger partial charge in [0.25, 0.3) is 0 Å². The average molecular weight is 395 g/mol. The van der Waals surface area contributed by atoms with Gasteiger partial charge in [-0.2, -0.15) is 0 Å². The molecule has 0 radical (unpaired) electrons. The monoisotopic (exact) mass is 394 g/mol. The number of likely N-dealkylation sites (tertiary alicyclic amines) is 1. The van der Waals surface area contributed by atoms with Gasteiger partial charge in [0.1, 0.15) is 5.82 Å². The number of hydrogen-bond acceptors (Lipinski definition) is 2. The molecule has 1 saturated heterocycles. The minimum atomic E-state index is -0.175. The number of rotatable bonds is 3. The van der Waals surface area contributed by atoms with Crippen LogP contribution in [0.3, 0.4) is 0 Å². The van der Waals surface area contributed by atoms with Crippen LogP contribution in [0.1, 0.15) is 50.5 Å². The van der Waals surface area contributed by atoms with E-state index >= 15 is 0 Å². The van der Waals surface area contributed by atoms with Crippen molar-refractivity contribution in [1.29, 1.82) is 0 Å². The van der Waals surface area contributed by atoms with Gasteiger partial charge in [-0.15, -0.1) is 12.4 Å². The third-order valence-corrected chi connectivity index (χ3v) is 7.13. The molecule has 5 heteroatoms. The van der Waals surface area contributed by atoms with E-state index in [2.05, 4.69) is 4.90 Å². The fourth-order valence-electron chi connectivity index (χ4n) is 5.56. The first-order chi connectivity index (χ1) is 12.6. The Kier molecular flexibility index (Phi) is 6.80. The minimum Gasteiger partial charge on any atom is -0.342 e. The Morgan fingerprint density at radius 3 is 2.22 bits per heavy atom. The number of amides is 1. The molecule has 3 nitrogen and oxygen atoms in total. The Morgan fingerprint density at radius 1 is 1.04 bits per heavy atom. The summed E-state index contributed by atoms with van der Waals surface area (Å²) in [5.74, 6) is 2.14. The van der Waals surface area contributed by atoms with Crippen LogP contribution in [0.4, 0.5) is 4.39 Å². The van der Waals surface area contributed by atoms with Crippen LogP contribution < -0.4 is 5.73 Å². The third kappa shape index (κ3) is 4.65. The van der Waals surface area contributed by atoms with E-state index in [1.54, 1.807) is 12.1 Å². The molecule has 4 rings (SSSR count). The predicted molar refractivity (Wildman–Crippen MR) is 108 cm³/mol. The van der Waals surface area contributed by atoms with Gasteiger partial charge >= 0.3 is 0 Å². The van der Waals surface area contributed by atoms with Gasteiger partial charge in [0, 0.05) is 25.0 Å². The van der Waals surface area contributed by atoms with Gasteiger partial charge in [-0.05, 0) is 80.4 Å². The van der Waals surface area contributed by atoms with Crippen LogP contribution in [0.5, 0.6) is 0 Å². The molecule has 0 spiro atoms. The van der Waals surface area contributed by atoms with Crippen molar-refractivity contribution < 1.29 is 9.18 Å². The molecule has 27 heavy (non-hydrogen) atoms. The van der Waals surface area contributed by atoms with Crippen LogP contribution in [-0.2, 0) is 11.2 Å². The molecule has 1 amide bonds. The van der Waals surface area contributed by atoms with Crippen LogP contribution in [0.25, 0.3) is 0 Å². The fourth-order valence-corrected chi connectivity index (χ4v) is 5.56. The van der Waals surface area contributed by atoms with Gasteiger partial charge in [-0.3, -0.25) is 4.79 Å². The summed E-state index contributed by atoms with van der Waals surface area (Å²) in [6.07, 6.45) is 8.83. The van der Waals surface area contributed by atoms with E-state index in [0.29, 0.717) is 29.7 Å². The molecule has 2 saturated carbocycles. The molecule has 2 N–H and O–H groups in total. The Labute approximate surface area is 168 Å². The molecule has 2 aliphatic carbocycles. The van der Waals surface area contributed by atoms with Crippen LogP contribution in [0.15, 0.2) is 24.3 Å². The van der Waals surface area contributed by atoms with Crippen molar-refractivity contribution in [3.63, 3.8) is 0 Å². The summed E-state index contributed by atoms with van der Waals surface area (Å²) < 4.78 is 13.0. The molecule has 2 unspecified atom stereocenters. The molecule has 0 aromatic heterocycles. The Bertz CT molecular complexity index is 616. The van der Waals surface area contributed by atoms with Gasteiger partial charge < -0.3 is 10.6 Å². The SMILES string of the molecule is Cl.NC1C2CCCC1CC(C(=O)N1CCC(Cc3ccc(F)cc3)CC1)C2. The van der Waals surface area contributed by atoms with Gasteiger partial charge in [-0.1, -0.05) is 18.6 Å². The van der Waals surface area contributed by atoms with E-state index in [9.17, 15) is 9.18 Å². The summed E-state index contributed by atoms with van der Waals surface area (Å²) in [7, 11) is 0. The highest BCUT2D eigenvalue weighted by atomic mass is 35.5. The third-order valence-electron chi connectivity index (χ3n) is 7.13. The lowest BCUT2D eigenvalue weighted by Crippen LogP contribution is -2.50. The molecular formula is C22H32ClFN2O. The standard InChI is InChI=1S/C22H31FN2O.ClH/c23-20-6-4-15(5-7-20)12-16-8-10-25(11-9-16)22(26)19-13-17-2-1-3-18(14-19)21(17)24;/h4-7,16-19,21H,1-3,8-14,24H2;1H. The first kappa shape index (κ1) is 20.6. The molecular weight excluding hydrogens is 363 g/mol. The van der Waals surface area contributed by atoms with E-state index in [1.807, 2.05) is 12.1 Å². The number of fused-ring (bicyclic) bond motifs is 2. The molecule has 2 bridgehead atoms. The molecule has 150 valence electrons. The number of halogens is 2. The Morgan fingerprint density at radius 2 is 1.63 bits per heavy atom. The number of carbonyl (C=O) groups excluding carboxylic acids is 1. The van der Waals surface area contributed by atoms with Crippen LogP contribution >= 0.6 is 12.4 Å². The lowest BCUT2D eigenvalue weighted by Gasteiger charge is -2.45. The molecule has 3 fully saturated rings. The van der Waals surface area contributed by atoms with Crippen LogP contribution in [-0.4, -0.2) is 29.9 Å². The first-order valence-electron chi connectivity index (χ1n) is 10.4. The summed E-state index contributed by atoms with van der Waals surface area (Å²) in [6, 6.07) is 7.18. The molecule has 1 aromatic rings. The highest BCUT2D eigenvalue weighted by Crippen LogP contribution is 2.42. The summed E-state index contributed by atoms with van der Waals surface area (Å²) in [6.45, 7) is 1.76. The van der Waals surface area contributed by atoms with Crippen molar-refractivity contribution in [2.75, 3.05) is 13.1 Å². The Hall–Kier alpha value is -1.13. The maximum Gasteiger partial charge on any atom is 0.225 e. The molecule has 3 aliphatic rings. The second-order valence-corrected chi connectivity index (χ2v) is 8.80. The summed E-state index contributed by atoms with van der Waals surface area (Å²) in [4.78, 5) is 15.1. The summed E-state index contributed by atoms with van der Waals surface area (Å²) >= 11 is 0. The van der Waals surface area contributed by atoms with E-state index in [-0.39, 0.29) is 24.1 Å². The van der Waals surface area contributed by atoms with Crippen molar-refractivity contribution in [2.24, 2.45) is 29.4 Å². The van der Waals surface area contributed by atoms with Crippen molar-refractivity contribution in [1.82, 2.24) is 4.90 Å². The minimum absolute atomic E-state index is 0. The van der Waals surface area contributed by atoms with E-state index in [0.717, 1.165) is 45.2 Å². The maximum absolute atomic E-state index is 13.0. The highest BCUT2D eigenvalue weighted by Gasteiger charge is 2.41. The zero-order valence-electron chi connectivity index (χ0n) is 16.0. The number of hydrogen-bond donors (Lipinski definition) is 1. The zero-order valence-corrected chi connectivity index (χ0v) is 16.8. The van der Waals surface area contributed by atoms with Gasteiger partial charge in [0.15, 0.2) is 0 Å². The van der Waals surface area contributed by atoms with Gasteiger partial charge in [0.05, 0.1) is 0 Å². The highest BCUT2D eigenvalue weighted by molar-refractivity contribution is 5.85. The van der Waals surface area contributed by atoms with Gasteiger partial charge in [0.2, 0.25) is 5.91 Å². The molecule has 1 aliphatic heterocycles. The van der Waals surface area contributed by atoms with Gasteiger partial charge in [-0.25, -0.2) is 4.39 Å². The fraction of sp³-hybridized carbons (Fsp3) is 0.682. The Balaban J connectivity index is 0.00000210. The number of nitrogens with two attached hydrogens (primary N) is 1. The smallest absolute Gasteiger partial charge is 0.225 e. The van der Waals surface area contributed by atoms with E-state index < -0.39 is 0 Å². The van der Waals surface area contributed by atoms with Crippen molar-refractivity contribution in [3.05, 3.63) is 35.6 Å². The molecule has 1 aromatic carbocycles. The topological polar surface area (TPSA) is 46.3 Å². The zero-order chi connectivity index (χ0) is 18.1. The number of carbonyl (C=O) groups is 1.